The van der Waals surface area contributed by atoms with Crippen LogP contribution >= 0.6 is 0 Å². The van der Waals surface area contributed by atoms with Gasteiger partial charge in [-0.05, 0) is 31.6 Å². The molecule has 0 aromatic carbocycles. The Morgan fingerprint density at radius 2 is 2.09 bits per heavy atom. The fourth-order valence-corrected chi connectivity index (χ4v) is 4.61. The van der Waals surface area contributed by atoms with Gasteiger partial charge in [0.2, 0.25) is 5.91 Å². The highest BCUT2D eigenvalue weighted by atomic mass is 16.2. The van der Waals surface area contributed by atoms with Gasteiger partial charge in [0.1, 0.15) is 5.82 Å². The Hall–Kier alpha value is -1.32. The summed E-state index contributed by atoms with van der Waals surface area (Å²) in [5.74, 6) is 3.33. The second-order valence-electron chi connectivity index (χ2n) is 7.60. The lowest BCUT2D eigenvalue weighted by molar-refractivity contribution is -0.123. The van der Waals surface area contributed by atoms with Gasteiger partial charge < -0.3 is 9.88 Å². The van der Waals surface area contributed by atoms with Gasteiger partial charge in [-0.2, -0.15) is 0 Å². The quantitative estimate of drug-likeness (QED) is 0.933. The number of aryl methyl sites for hydroxylation is 2. The van der Waals surface area contributed by atoms with E-state index in [1.54, 1.807) is 0 Å². The SMILES string of the molecule is Cc1cn2c(n1)CC[C@H](NC(=O)[C@H]1C[C@@H]1C1CCCCC1)C2. The zero-order chi connectivity index (χ0) is 15.1. The number of imidazole rings is 1. The monoisotopic (exact) mass is 301 g/mol. The van der Waals surface area contributed by atoms with Crippen molar-refractivity contribution in [2.45, 2.75) is 70.9 Å². The zero-order valence-corrected chi connectivity index (χ0v) is 13.6. The maximum atomic E-state index is 12.5. The van der Waals surface area contributed by atoms with Crippen molar-refractivity contribution in [3.63, 3.8) is 0 Å². The maximum Gasteiger partial charge on any atom is 0.223 e. The summed E-state index contributed by atoms with van der Waals surface area (Å²) < 4.78 is 2.22. The lowest BCUT2D eigenvalue weighted by Crippen LogP contribution is -2.42. The first kappa shape index (κ1) is 14.3. The van der Waals surface area contributed by atoms with Crippen LogP contribution in [-0.4, -0.2) is 21.5 Å². The highest BCUT2D eigenvalue weighted by Gasteiger charge is 2.47. The molecule has 0 radical (unpaired) electrons. The average molecular weight is 301 g/mol. The molecule has 0 bridgehead atoms. The van der Waals surface area contributed by atoms with Crippen molar-refractivity contribution in [2.75, 3.05) is 0 Å². The summed E-state index contributed by atoms with van der Waals surface area (Å²) >= 11 is 0. The van der Waals surface area contributed by atoms with Crippen molar-refractivity contribution < 1.29 is 4.79 Å². The van der Waals surface area contributed by atoms with Crippen molar-refractivity contribution >= 4 is 5.91 Å². The highest BCUT2D eigenvalue weighted by molar-refractivity contribution is 5.81. The van der Waals surface area contributed by atoms with Crippen LogP contribution in [0.2, 0.25) is 0 Å². The van der Waals surface area contributed by atoms with E-state index in [1.165, 1.54) is 37.9 Å². The molecule has 4 heteroatoms. The number of nitrogens with one attached hydrogen (secondary N) is 1. The Balaban J connectivity index is 1.30. The lowest BCUT2D eigenvalue weighted by atomic mass is 9.85. The molecule has 0 unspecified atom stereocenters. The predicted octanol–water partition coefficient (Wildman–Crippen LogP) is 2.84. The van der Waals surface area contributed by atoms with Gasteiger partial charge in [-0.3, -0.25) is 4.79 Å². The van der Waals surface area contributed by atoms with Crippen LogP contribution in [0.1, 0.15) is 56.5 Å². The van der Waals surface area contributed by atoms with Gasteiger partial charge in [0.15, 0.2) is 0 Å². The van der Waals surface area contributed by atoms with Crippen LogP contribution in [0, 0.1) is 24.7 Å². The van der Waals surface area contributed by atoms with Crippen molar-refractivity contribution in [1.29, 1.82) is 0 Å². The molecule has 1 N–H and O–H groups in total. The van der Waals surface area contributed by atoms with E-state index in [0.717, 1.165) is 37.4 Å². The van der Waals surface area contributed by atoms with Gasteiger partial charge >= 0.3 is 0 Å². The molecular weight excluding hydrogens is 274 g/mol. The molecule has 120 valence electrons. The summed E-state index contributed by atoms with van der Waals surface area (Å²) in [6.45, 7) is 2.93. The predicted molar refractivity (Wildman–Crippen MR) is 85.4 cm³/mol. The molecule has 0 saturated heterocycles. The molecule has 4 nitrogen and oxygen atoms in total. The third kappa shape index (κ3) is 2.80. The summed E-state index contributed by atoms with van der Waals surface area (Å²) in [6, 6.07) is 0.293. The third-order valence-corrected chi connectivity index (χ3v) is 5.89. The molecule has 2 heterocycles. The van der Waals surface area contributed by atoms with Gasteiger partial charge in [-0.15, -0.1) is 0 Å². The van der Waals surface area contributed by atoms with Crippen LogP contribution in [0.4, 0.5) is 0 Å². The number of hydrogen-bond acceptors (Lipinski definition) is 2. The summed E-state index contributed by atoms with van der Waals surface area (Å²) in [5.41, 5.74) is 1.08. The fourth-order valence-electron chi connectivity index (χ4n) is 4.61. The maximum absolute atomic E-state index is 12.5. The number of hydrogen-bond donors (Lipinski definition) is 1. The fraction of sp³-hybridized carbons (Fsp3) is 0.778. The van der Waals surface area contributed by atoms with E-state index in [4.69, 9.17) is 0 Å². The van der Waals surface area contributed by atoms with Crippen molar-refractivity contribution in [2.24, 2.45) is 17.8 Å². The van der Waals surface area contributed by atoms with Crippen LogP contribution in [-0.2, 0) is 17.8 Å². The largest absolute Gasteiger partial charge is 0.351 e. The van der Waals surface area contributed by atoms with Crippen LogP contribution in [0.3, 0.4) is 0 Å². The standard InChI is InChI=1S/C18H27N3O/c1-12-10-21-11-14(7-8-17(21)19-12)20-18(22)16-9-15(16)13-5-3-2-4-6-13/h10,13-16H,2-9,11H2,1H3,(H,20,22)/t14-,15+,16-/m0/s1. The molecule has 1 aliphatic heterocycles. The molecule has 4 rings (SSSR count). The summed E-state index contributed by atoms with van der Waals surface area (Å²) in [4.78, 5) is 17.0. The summed E-state index contributed by atoms with van der Waals surface area (Å²) in [7, 11) is 0. The van der Waals surface area contributed by atoms with Gasteiger partial charge in [0.25, 0.3) is 0 Å². The van der Waals surface area contributed by atoms with Gasteiger partial charge in [-0.25, -0.2) is 4.98 Å². The van der Waals surface area contributed by atoms with E-state index in [2.05, 4.69) is 21.1 Å². The molecule has 3 atom stereocenters. The van der Waals surface area contributed by atoms with Gasteiger partial charge in [-0.1, -0.05) is 32.1 Å². The van der Waals surface area contributed by atoms with E-state index >= 15 is 0 Å². The lowest BCUT2D eigenvalue weighted by Gasteiger charge is -2.25. The summed E-state index contributed by atoms with van der Waals surface area (Å²) in [5, 5.41) is 3.31. The minimum absolute atomic E-state index is 0.293. The minimum atomic E-state index is 0.293. The second-order valence-corrected chi connectivity index (χ2v) is 7.60. The number of carbonyl (C=O) groups excluding carboxylic acids is 1. The third-order valence-electron chi connectivity index (χ3n) is 5.89. The van der Waals surface area contributed by atoms with E-state index in [9.17, 15) is 4.79 Å². The Bertz CT molecular complexity index is 559. The number of amides is 1. The van der Waals surface area contributed by atoms with Crippen molar-refractivity contribution in [3.05, 3.63) is 17.7 Å². The van der Waals surface area contributed by atoms with Crippen LogP contribution in [0.25, 0.3) is 0 Å². The Morgan fingerprint density at radius 3 is 2.91 bits per heavy atom. The molecule has 1 aromatic heterocycles. The van der Waals surface area contributed by atoms with E-state index in [1.807, 2.05) is 6.92 Å². The normalized spacial score (nSPS) is 31.6. The number of rotatable bonds is 3. The first-order valence-corrected chi connectivity index (χ1v) is 9.04. The topological polar surface area (TPSA) is 46.9 Å². The first-order chi connectivity index (χ1) is 10.7. The molecule has 0 spiro atoms. The number of fused-ring (bicyclic) bond motifs is 1. The van der Waals surface area contributed by atoms with E-state index in [-0.39, 0.29) is 0 Å². The number of aromatic nitrogens is 2. The molecule has 2 saturated carbocycles. The zero-order valence-electron chi connectivity index (χ0n) is 13.6. The Labute approximate surface area is 132 Å². The average Bonchev–Trinajstić information content (AvgIpc) is 3.24. The van der Waals surface area contributed by atoms with Crippen LogP contribution in [0.15, 0.2) is 6.20 Å². The van der Waals surface area contributed by atoms with Crippen molar-refractivity contribution in [3.8, 4) is 0 Å². The Morgan fingerprint density at radius 1 is 1.27 bits per heavy atom. The molecule has 1 amide bonds. The molecule has 22 heavy (non-hydrogen) atoms. The minimum Gasteiger partial charge on any atom is -0.351 e. The van der Waals surface area contributed by atoms with Crippen LogP contribution < -0.4 is 5.32 Å². The molecule has 2 fully saturated rings. The Kier molecular flexibility index (Phi) is 3.71. The van der Waals surface area contributed by atoms with E-state index < -0.39 is 0 Å². The molecule has 3 aliphatic rings. The molecular formula is C18H27N3O. The smallest absolute Gasteiger partial charge is 0.223 e. The molecule has 1 aromatic rings. The summed E-state index contributed by atoms with van der Waals surface area (Å²) in [6.07, 6.45) is 12.1. The van der Waals surface area contributed by atoms with E-state index in [0.29, 0.717) is 23.8 Å². The second kappa shape index (κ2) is 5.71. The van der Waals surface area contributed by atoms with Crippen LogP contribution in [0.5, 0.6) is 0 Å². The first-order valence-electron chi connectivity index (χ1n) is 9.04. The number of carbonyl (C=O) groups is 1. The van der Waals surface area contributed by atoms with Gasteiger partial charge in [0.05, 0.1) is 5.69 Å². The highest BCUT2D eigenvalue weighted by Crippen LogP contribution is 2.49. The number of nitrogens with zero attached hydrogens (tertiary/aromatic N) is 2. The van der Waals surface area contributed by atoms with Crippen molar-refractivity contribution in [1.82, 2.24) is 14.9 Å². The van der Waals surface area contributed by atoms with Gasteiger partial charge in [0, 0.05) is 31.1 Å². The molecule has 2 aliphatic carbocycles.